The van der Waals surface area contributed by atoms with Gasteiger partial charge in [-0.2, -0.15) is 10.00 Å². The maximum Gasteiger partial charge on any atom is 0.425 e. The molecule has 1 fully saturated rings. The van der Waals surface area contributed by atoms with Crippen molar-refractivity contribution in [3.05, 3.63) is 86.9 Å². The summed E-state index contributed by atoms with van der Waals surface area (Å²) in [6.45, 7) is 10.7. The van der Waals surface area contributed by atoms with Gasteiger partial charge in [-0.25, -0.2) is 9.59 Å². The number of halogens is 1. The smallest absolute Gasteiger partial charge is 0.425 e. The topological polar surface area (TPSA) is 104 Å². The summed E-state index contributed by atoms with van der Waals surface area (Å²) in [7, 11) is 0. The Bertz CT molecular complexity index is 1410. The van der Waals surface area contributed by atoms with Crippen molar-refractivity contribution >= 4 is 29.6 Å². The molecule has 1 aromatic carbocycles. The highest BCUT2D eigenvalue weighted by Crippen LogP contribution is 2.53. The van der Waals surface area contributed by atoms with Crippen LogP contribution in [0.2, 0.25) is 5.02 Å². The van der Waals surface area contributed by atoms with E-state index < -0.39 is 23.4 Å². The number of carbonyl (C=O) groups excluding carboxylic acids is 2. The Labute approximate surface area is 232 Å². The molecule has 0 radical (unpaired) electrons. The first-order valence-corrected chi connectivity index (χ1v) is 13.1. The lowest BCUT2D eigenvalue weighted by Crippen LogP contribution is -2.44. The second kappa shape index (κ2) is 10.4. The molecule has 1 aliphatic carbocycles. The van der Waals surface area contributed by atoms with E-state index in [-0.39, 0.29) is 16.8 Å². The van der Waals surface area contributed by atoms with Gasteiger partial charge in [0.25, 0.3) is 5.56 Å². The zero-order chi connectivity index (χ0) is 28.6. The minimum Gasteiger partial charge on any atom is -0.443 e. The van der Waals surface area contributed by atoms with Crippen molar-refractivity contribution in [3.8, 4) is 0 Å². The van der Waals surface area contributed by atoms with Crippen LogP contribution in [0.3, 0.4) is 0 Å². The Morgan fingerprint density at radius 1 is 0.949 bits per heavy atom. The van der Waals surface area contributed by atoms with Gasteiger partial charge in [-0.15, -0.1) is 5.10 Å². The summed E-state index contributed by atoms with van der Waals surface area (Å²) in [4.78, 5) is 39.1. The summed E-state index contributed by atoms with van der Waals surface area (Å²) < 4.78 is 12.5. The van der Waals surface area contributed by atoms with Gasteiger partial charge in [-0.05, 0) is 83.2 Å². The summed E-state index contributed by atoms with van der Waals surface area (Å²) in [5.41, 5.74) is 0.707. The molecule has 39 heavy (non-hydrogen) atoms. The molecule has 9 nitrogen and oxygen atoms in total. The van der Waals surface area contributed by atoms with Gasteiger partial charge in [0, 0.05) is 17.7 Å². The van der Waals surface area contributed by atoms with Crippen LogP contribution in [0.25, 0.3) is 0 Å². The molecule has 0 saturated heterocycles. The number of nitrogens with zero attached hydrogens (tertiary/aromatic N) is 4. The Kier molecular flexibility index (Phi) is 7.58. The molecule has 0 atom stereocenters. The molecule has 10 heteroatoms. The second-order valence-electron chi connectivity index (χ2n) is 11.7. The standard InChI is InChI=1S/C29H33ClN4O5/c1-27(2,3)38-25(36)34(26(37)39-28(4,5)6)23-15-21(16-31-32-23)29(13-14-29)20-9-7-19(8-10-20)17-33-18-22(30)11-12-24(33)35/h7-12,15-16,18H,13-14,17H2,1-6H3. The summed E-state index contributed by atoms with van der Waals surface area (Å²) in [5.74, 6) is 0.0271. The average Bonchev–Trinajstić information content (AvgIpc) is 3.62. The lowest BCUT2D eigenvalue weighted by molar-refractivity contribution is 0.0428. The Morgan fingerprint density at radius 3 is 2.08 bits per heavy atom. The first-order chi connectivity index (χ1) is 18.2. The van der Waals surface area contributed by atoms with Crippen LogP contribution in [0.1, 0.15) is 71.1 Å². The van der Waals surface area contributed by atoms with Crippen molar-refractivity contribution in [2.45, 2.75) is 77.5 Å². The van der Waals surface area contributed by atoms with E-state index in [0.717, 1.165) is 34.4 Å². The molecule has 4 rings (SSSR count). The summed E-state index contributed by atoms with van der Waals surface area (Å²) >= 11 is 6.05. The molecule has 1 aliphatic rings. The third kappa shape index (κ3) is 6.84. The van der Waals surface area contributed by atoms with Crippen molar-refractivity contribution in [1.29, 1.82) is 0 Å². The third-order valence-electron chi connectivity index (χ3n) is 6.13. The normalized spacial score (nSPS) is 14.4. The number of pyridine rings is 1. The minimum atomic E-state index is -0.895. The fraction of sp³-hybridized carbons (Fsp3) is 0.414. The summed E-state index contributed by atoms with van der Waals surface area (Å²) in [6, 6.07) is 12.7. The van der Waals surface area contributed by atoms with E-state index in [1.807, 2.05) is 24.3 Å². The molecule has 0 bridgehead atoms. The van der Waals surface area contributed by atoms with Gasteiger partial charge in [0.2, 0.25) is 0 Å². The van der Waals surface area contributed by atoms with Crippen LogP contribution >= 0.6 is 11.6 Å². The van der Waals surface area contributed by atoms with E-state index >= 15 is 0 Å². The van der Waals surface area contributed by atoms with Gasteiger partial charge in [0.15, 0.2) is 5.82 Å². The zero-order valence-corrected chi connectivity index (χ0v) is 23.8. The number of rotatable bonds is 5. The van der Waals surface area contributed by atoms with Crippen LogP contribution in [0, 0.1) is 0 Å². The van der Waals surface area contributed by atoms with E-state index in [0.29, 0.717) is 11.6 Å². The van der Waals surface area contributed by atoms with Gasteiger partial charge in [0.05, 0.1) is 17.8 Å². The number of imide groups is 1. The molecule has 0 aliphatic heterocycles. The molecular weight excluding hydrogens is 520 g/mol. The number of ether oxygens (including phenoxy) is 2. The van der Waals surface area contributed by atoms with E-state index in [9.17, 15) is 14.4 Å². The fourth-order valence-electron chi connectivity index (χ4n) is 4.22. The fourth-order valence-corrected chi connectivity index (χ4v) is 4.40. The Balaban J connectivity index is 1.63. The number of hydrogen-bond acceptors (Lipinski definition) is 7. The Hall–Kier alpha value is -3.72. The number of anilines is 1. The van der Waals surface area contributed by atoms with Crippen molar-refractivity contribution in [2.24, 2.45) is 0 Å². The summed E-state index contributed by atoms with van der Waals surface area (Å²) in [5, 5.41) is 8.71. The van der Waals surface area contributed by atoms with Crippen molar-refractivity contribution in [2.75, 3.05) is 4.90 Å². The highest BCUT2D eigenvalue weighted by molar-refractivity contribution is 6.30. The maximum atomic E-state index is 13.1. The van der Waals surface area contributed by atoms with E-state index in [4.69, 9.17) is 21.1 Å². The van der Waals surface area contributed by atoms with Crippen LogP contribution in [-0.2, 0) is 21.4 Å². The van der Waals surface area contributed by atoms with Gasteiger partial charge in [0.1, 0.15) is 11.2 Å². The lowest BCUT2D eigenvalue weighted by atomic mass is 9.88. The largest absolute Gasteiger partial charge is 0.443 e. The minimum absolute atomic E-state index is 0.0271. The number of carbonyl (C=O) groups is 2. The molecule has 206 valence electrons. The van der Waals surface area contributed by atoms with Crippen LogP contribution in [-0.4, -0.2) is 38.2 Å². The van der Waals surface area contributed by atoms with E-state index in [1.165, 1.54) is 6.07 Å². The van der Waals surface area contributed by atoms with Gasteiger partial charge >= 0.3 is 12.2 Å². The number of amides is 2. The SMILES string of the molecule is CC(C)(C)OC(=O)N(C(=O)OC(C)(C)C)c1cc(C2(c3ccc(Cn4cc(Cl)ccc4=O)cc3)CC2)cnn1. The molecule has 0 unspecified atom stereocenters. The Morgan fingerprint density at radius 2 is 1.54 bits per heavy atom. The molecule has 2 heterocycles. The van der Waals surface area contributed by atoms with Crippen LogP contribution in [0.5, 0.6) is 0 Å². The van der Waals surface area contributed by atoms with Crippen LogP contribution < -0.4 is 10.5 Å². The van der Waals surface area contributed by atoms with Gasteiger partial charge < -0.3 is 14.0 Å². The van der Waals surface area contributed by atoms with Crippen molar-refractivity contribution in [1.82, 2.24) is 14.8 Å². The van der Waals surface area contributed by atoms with Gasteiger partial charge in [-0.3, -0.25) is 4.79 Å². The first-order valence-electron chi connectivity index (χ1n) is 12.7. The summed E-state index contributed by atoms with van der Waals surface area (Å²) in [6.07, 6.45) is 3.21. The van der Waals surface area contributed by atoms with Crippen LogP contribution in [0.15, 0.2) is 59.7 Å². The lowest BCUT2D eigenvalue weighted by Gasteiger charge is -2.28. The van der Waals surface area contributed by atoms with E-state index in [2.05, 4.69) is 10.2 Å². The highest BCUT2D eigenvalue weighted by Gasteiger charge is 2.47. The highest BCUT2D eigenvalue weighted by atomic mass is 35.5. The first kappa shape index (κ1) is 28.3. The molecule has 2 aromatic heterocycles. The van der Waals surface area contributed by atoms with E-state index in [1.54, 1.807) is 70.6 Å². The van der Waals surface area contributed by atoms with Crippen molar-refractivity contribution in [3.63, 3.8) is 0 Å². The second-order valence-corrected chi connectivity index (χ2v) is 12.1. The maximum absolute atomic E-state index is 13.1. The zero-order valence-electron chi connectivity index (χ0n) is 23.0. The van der Waals surface area contributed by atoms with Gasteiger partial charge in [-0.1, -0.05) is 35.9 Å². The molecule has 0 spiro atoms. The monoisotopic (exact) mass is 552 g/mol. The number of aromatic nitrogens is 3. The number of benzene rings is 1. The average molecular weight is 553 g/mol. The third-order valence-corrected chi connectivity index (χ3v) is 6.36. The number of hydrogen-bond donors (Lipinski definition) is 0. The molecule has 0 N–H and O–H groups in total. The molecular formula is C29H33ClN4O5. The van der Waals surface area contributed by atoms with Crippen molar-refractivity contribution < 1.29 is 19.1 Å². The quantitative estimate of drug-likeness (QED) is 0.377. The molecule has 1 saturated carbocycles. The predicted octanol–water partition coefficient (Wildman–Crippen LogP) is 6.10. The molecule has 2 amide bonds. The molecule has 3 aromatic rings. The van der Waals surface area contributed by atoms with Crippen LogP contribution in [0.4, 0.5) is 15.4 Å². The predicted molar refractivity (Wildman–Crippen MR) is 148 cm³/mol.